The SMILES string of the molecule is CC1(C)CC(n2c(Nc3ccc(OC(F)(F)F)cc3)nc3cc(CNS(=O)[O-])ccc32)CC(C)(C)C1. The zero-order valence-electron chi connectivity index (χ0n) is 20.6. The van der Waals surface area contributed by atoms with Crippen LogP contribution in [0.4, 0.5) is 24.8 Å². The molecule has 3 aromatic rings. The number of aromatic nitrogens is 2. The topological polar surface area (TPSA) is 91.2 Å². The summed E-state index contributed by atoms with van der Waals surface area (Å²) in [6, 6.07) is 11.3. The quantitative estimate of drug-likeness (QED) is 0.353. The molecule has 1 fully saturated rings. The van der Waals surface area contributed by atoms with Gasteiger partial charge in [-0.1, -0.05) is 33.8 Å². The van der Waals surface area contributed by atoms with Crippen LogP contribution in [0.5, 0.6) is 5.75 Å². The number of rotatable bonds is 7. The van der Waals surface area contributed by atoms with Gasteiger partial charge in [0.2, 0.25) is 5.95 Å². The maximum absolute atomic E-state index is 12.5. The highest BCUT2D eigenvalue weighted by Crippen LogP contribution is 2.51. The van der Waals surface area contributed by atoms with E-state index in [-0.39, 0.29) is 29.2 Å². The Bertz CT molecular complexity index is 1240. The van der Waals surface area contributed by atoms with Crippen LogP contribution in [0.15, 0.2) is 42.5 Å². The Morgan fingerprint density at radius 3 is 2.33 bits per heavy atom. The molecule has 0 amide bonds. The Labute approximate surface area is 210 Å². The molecule has 1 aliphatic rings. The number of hydrogen-bond acceptors (Lipinski definition) is 5. The van der Waals surface area contributed by atoms with Crippen molar-refractivity contribution < 1.29 is 26.7 Å². The fourth-order valence-corrected chi connectivity index (χ4v) is 5.98. The zero-order chi connectivity index (χ0) is 26.3. The Hall–Kier alpha value is -2.63. The minimum Gasteiger partial charge on any atom is -0.760 e. The van der Waals surface area contributed by atoms with Gasteiger partial charge >= 0.3 is 6.36 Å². The lowest BCUT2D eigenvalue weighted by atomic mass is 9.63. The van der Waals surface area contributed by atoms with E-state index in [1.54, 1.807) is 0 Å². The second-order valence-electron chi connectivity index (χ2n) is 10.9. The first kappa shape index (κ1) is 26.4. The summed E-state index contributed by atoms with van der Waals surface area (Å²) in [7, 11) is 0. The summed E-state index contributed by atoms with van der Waals surface area (Å²) in [4.78, 5) is 4.81. The number of nitrogens with zero attached hydrogens (tertiary/aromatic N) is 2. The maximum Gasteiger partial charge on any atom is 0.573 e. The molecule has 196 valence electrons. The number of ether oxygens (including phenoxy) is 1. The maximum atomic E-state index is 12.5. The summed E-state index contributed by atoms with van der Waals surface area (Å²) in [6.07, 6.45) is -1.79. The van der Waals surface area contributed by atoms with Crippen molar-refractivity contribution in [1.29, 1.82) is 0 Å². The Morgan fingerprint density at radius 1 is 1.11 bits per heavy atom. The second-order valence-corrected chi connectivity index (χ2v) is 11.7. The minimum absolute atomic E-state index is 0.110. The molecule has 0 aliphatic heterocycles. The molecule has 0 radical (unpaired) electrons. The molecule has 4 rings (SSSR count). The van der Waals surface area contributed by atoms with Crippen molar-refractivity contribution in [2.24, 2.45) is 10.8 Å². The van der Waals surface area contributed by atoms with Crippen LogP contribution >= 0.6 is 0 Å². The molecule has 2 N–H and O–H groups in total. The number of hydrogen-bond donors (Lipinski definition) is 2. The van der Waals surface area contributed by atoms with Crippen LogP contribution in [0, 0.1) is 10.8 Å². The van der Waals surface area contributed by atoms with Gasteiger partial charge in [0.05, 0.1) is 11.0 Å². The zero-order valence-corrected chi connectivity index (χ0v) is 21.4. The molecule has 0 saturated heterocycles. The van der Waals surface area contributed by atoms with Crippen molar-refractivity contribution in [3.8, 4) is 5.75 Å². The van der Waals surface area contributed by atoms with E-state index in [4.69, 9.17) is 4.98 Å². The fourth-order valence-electron chi connectivity index (χ4n) is 5.69. The van der Waals surface area contributed by atoms with Gasteiger partial charge in [-0.15, -0.1) is 13.2 Å². The molecular weight excluding hydrogens is 493 g/mol. The van der Waals surface area contributed by atoms with E-state index < -0.39 is 17.6 Å². The smallest absolute Gasteiger partial charge is 0.573 e. The van der Waals surface area contributed by atoms with Gasteiger partial charge in [-0.2, -0.15) is 0 Å². The van der Waals surface area contributed by atoms with Crippen molar-refractivity contribution in [3.05, 3.63) is 48.0 Å². The van der Waals surface area contributed by atoms with Crippen LogP contribution in [-0.4, -0.2) is 24.7 Å². The monoisotopic (exact) mass is 523 g/mol. The van der Waals surface area contributed by atoms with E-state index in [9.17, 15) is 21.9 Å². The molecule has 1 aromatic heterocycles. The summed E-state index contributed by atoms with van der Waals surface area (Å²) in [6.45, 7) is 9.20. The van der Waals surface area contributed by atoms with Crippen molar-refractivity contribution in [2.45, 2.75) is 65.9 Å². The van der Waals surface area contributed by atoms with Gasteiger partial charge in [0.25, 0.3) is 0 Å². The standard InChI is InChI=1S/C25H31F3N4O3S/c1-23(2)12-18(13-24(3,4)15-23)32-21-10-5-16(14-29-36(33)34)11-20(21)31-22(32)30-17-6-8-19(9-7-17)35-25(26,27)28/h5-11,18,29H,12-15H2,1-4H3,(H,30,31)(H,33,34)/p-1. The lowest BCUT2D eigenvalue weighted by Gasteiger charge is -2.45. The fraction of sp³-hybridized carbons (Fsp3) is 0.480. The normalized spacial score (nSPS) is 18.8. The third kappa shape index (κ3) is 6.57. The summed E-state index contributed by atoms with van der Waals surface area (Å²) in [5.74, 6) is 0.274. The third-order valence-electron chi connectivity index (χ3n) is 6.39. The number of alkyl halides is 3. The number of imidazole rings is 1. The highest BCUT2D eigenvalue weighted by Gasteiger charge is 2.40. The van der Waals surface area contributed by atoms with E-state index in [1.165, 1.54) is 24.3 Å². The third-order valence-corrected chi connectivity index (χ3v) is 6.77. The first-order valence-electron chi connectivity index (χ1n) is 11.7. The molecule has 1 atom stereocenters. The summed E-state index contributed by atoms with van der Waals surface area (Å²) in [5.41, 5.74) is 3.16. The predicted octanol–water partition coefficient (Wildman–Crippen LogP) is 6.34. The average Bonchev–Trinajstić information content (AvgIpc) is 3.07. The van der Waals surface area contributed by atoms with Crippen LogP contribution in [-0.2, 0) is 17.8 Å². The highest BCUT2D eigenvalue weighted by molar-refractivity contribution is 7.77. The van der Waals surface area contributed by atoms with Gasteiger partial charge in [0, 0.05) is 29.5 Å². The largest absolute Gasteiger partial charge is 0.760 e. The summed E-state index contributed by atoms with van der Waals surface area (Å²) >= 11 is -2.37. The number of benzene rings is 2. The molecule has 1 saturated carbocycles. The van der Waals surface area contributed by atoms with Crippen LogP contribution in [0.2, 0.25) is 0 Å². The number of anilines is 2. The number of nitrogens with one attached hydrogen (secondary N) is 2. The molecular formula is C25H30F3N4O3S-. The molecule has 0 spiro atoms. The van der Waals surface area contributed by atoms with Gasteiger partial charge in [-0.25, -0.2) is 9.71 Å². The predicted molar refractivity (Wildman–Crippen MR) is 132 cm³/mol. The van der Waals surface area contributed by atoms with Crippen LogP contribution in [0.1, 0.15) is 58.6 Å². The van der Waals surface area contributed by atoms with Crippen molar-refractivity contribution in [2.75, 3.05) is 5.32 Å². The molecule has 36 heavy (non-hydrogen) atoms. The summed E-state index contributed by atoms with van der Waals surface area (Å²) in [5, 5.41) is 3.27. The summed E-state index contributed by atoms with van der Waals surface area (Å²) < 4.78 is 67.9. The lowest BCUT2D eigenvalue weighted by Crippen LogP contribution is -2.35. The van der Waals surface area contributed by atoms with Gasteiger partial charge in [0.15, 0.2) is 0 Å². The van der Waals surface area contributed by atoms with Gasteiger partial charge < -0.3 is 19.2 Å². The molecule has 1 unspecified atom stereocenters. The molecule has 7 nitrogen and oxygen atoms in total. The van der Waals surface area contributed by atoms with Crippen molar-refractivity contribution >= 4 is 33.9 Å². The van der Waals surface area contributed by atoms with E-state index >= 15 is 0 Å². The second kappa shape index (κ2) is 9.68. The first-order valence-corrected chi connectivity index (χ1v) is 12.7. The Balaban J connectivity index is 1.72. The first-order chi connectivity index (χ1) is 16.7. The Morgan fingerprint density at radius 2 is 1.75 bits per heavy atom. The van der Waals surface area contributed by atoms with Crippen LogP contribution in [0.3, 0.4) is 0 Å². The number of fused-ring (bicyclic) bond motifs is 1. The van der Waals surface area contributed by atoms with E-state index in [0.717, 1.165) is 30.3 Å². The van der Waals surface area contributed by atoms with Crippen LogP contribution in [0.25, 0.3) is 11.0 Å². The van der Waals surface area contributed by atoms with Crippen molar-refractivity contribution in [3.63, 3.8) is 0 Å². The highest BCUT2D eigenvalue weighted by atomic mass is 32.2. The molecule has 11 heteroatoms. The average molecular weight is 524 g/mol. The van der Waals surface area contributed by atoms with Gasteiger partial charge in [-0.3, -0.25) is 4.21 Å². The number of halogens is 3. The molecule has 2 aromatic carbocycles. The van der Waals surface area contributed by atoms with E-state index in [0.29, 0.717) is 17.2 Å². The Kier molecular flexibility index (Phi) is 7.11. The van der Waals surface area contributed by atoms with Gasteiger partial charge in [-0.05, 0) is 72.1 Å². The molecule has 1 heterocycles. The van der Waals surface area contributed by atoms with E-state index in [2.05, 4.69) is 47.0 Å². The molecule has 1 aliphatic carbocycles. The van der Waals surface area contributed by atoms with Gasteiger partial charge in [0.1, 0.15) is 5.75 Å². The minimum atomic E-state index is -4.76. The van der Waals surface area contributed by atoms with Crippen molar-refractivity contribution in [1.82, 2.24) is 14.3 Å². The molecule has 0 bridgehead atoms. The van der Waals surface area contributed by atoms with E-state index in [1.807, 2.05) is 18.2 Å². The lowest BCUT2D eigenvalue weighted by molar-refractivity contribution is -0.274. The van der Waals surface area contributed by atoms with Crippen LogP contribution < -0.4 is 14.8 Å².